The minimum absolute atomic E-state index is 0.0327. The second kappa shape index (κ2) is 7.33. The summed E-state index contributed by atoms with van der Waals surface area (Å²) in [7, 11) is 0. The smallest absolute Gasteiger partial charge is 0.331 e. The van der Waals surface area contributed by atoms with Gasteiger partial charge >= 0.3 is 5.97 Å². The molecule has 3 aromatic rings. The monoisotopic (exact) mass is 367 g/mol. The van der Waals surface area contributed by atoms with E-state index in [9.17, 15) is 9.18 Å². The van der Waals surface area contributed by atoms with Crippen molar-refractivity contribution in [3.8, 4) is 22.8 Å². The molecule has 0 saturated heterocycles. The van der Waals surface area contributed by atoms with Crippen LogP contribution in [0.25, 0.3) is 17.4 Å². The van der Waals surface area contributed by atoms with Gasteiger partial charge in [-0.2, -0.15) is 0 Å². The number of nitrogens with zero attached hydrogens (tertiary/aromatic N) is 1. The molecule has 2 heterocycles. The van der Waals surface area contributed by atoms with Crippen LogP contribution in [0.1, 0.15) is 11.3 Å². The Morgan fingerprint density at radius 2 is 1.93 bits per heavy atom. The van der Waals surface area contributed by atoms with Crippen molar-refractivity contribution in [2.45, 2.75) is 6.61 Å². The molecule has 0 fully saturated rings. The van der Waals surface area contributed by atoms with Crippen molar-refractivity contribution >= 4 is 12.0 Å². The van der Waals surface area contributed by atoms with Crippen molar-refractivity contribution in [2.24, 2.45) is 0 Å². The summed E-state index contributed by atoms with van der Waals surface area (Å²) < 4.78 is 33.8. The lowest BCUT2D eigenvalue weighted by Crippen LogP contribution is -2.00. The lowest BCUT2D eigenvalue weighted by Gasteiger charge is -1.99. The normalized spacial score (nSPS) is 12.5. The molecule has 0 amide bonds. The minimum atomic E-state index is -0.515. The van der Waals surface area contributed by atoms with E-state index in [1.807, 2.05) is 6.07 Å². The van der Waals surface area contributed by atoms with E-state index >= 15 is 0 Å². The molecule has 0 N–H and O–H groups in total. The number of esters is 1. The van der Waals surface area contributed by atoms with E-state index in [4.69, 9.17) is 18.7 Å². The number of fused-ring (bicyclic) bond motifs is 1. The molecule has 6 nitrogen and oxygen atoms in total. The first kappa shape index (κ1) is 16.8. The predicted molar refractivity (Wildman–Crippen MR) is 93.3 cm³/mol. The number of rotatable bonds is 5. The van der Waals surface area contributed by atoms with Gasteiger partial charge < -0.3 is 18.7 Å². The number of benzene rings is 2. The van der Waals surface area contributed by atoms with Gasteiger partial charge in [0.1, 0.15) is 18.1 Å². The van der Waals surface area contributed by atoms with E-state index in [-0.39, 0.29) is 19.2 Å². The maximum absolute atomic E-state index is 13.0. The molecule has 136 valence electrons. The molecule has 0 spiro atoms. The molecule has 0 saturated carbocycles. The summed E-state index contributed by atoms with van der Waals surface area (Å²) in [4.78, 5) is 11.9. The topological polar surface area (TPSA) is 70.8 Å². The highest BCUT2D eigenvalue weighted by Gasteiger charge is 2.12. The van der Waals surface area contributed by atoms with Gasteiger partial charge in [0.05, 0.1) is 0 Å². The Kier molecular flexibility index (Phi) is 4.57. The van der Waals surface area contributed by atoms with E-state index in [1.165, 1.54) is 18.2 Å². The van der Waals surface area contributed by atoms with Crippen molar-refractivity contribution in [2.75, 3.05) is 6.79 Å². The molecule has 7 heteroatoms. The van der Waals surface area contributed by atoms with Crippen molar-refractivity contribution in [1.82, 2.24) is 5.16 Å². The van der Waals surface area contributed by atoms with Crippen molar-refractivity contribution < 1.29 is 27.9 Å². The zero-order valence-corrected chi connectivity index (χ0v) is 14.1. The van der Waals surface area contributed by atoms with Gasteiger partial charge in [-0.25, -0.2) is 9.18 Å². The zero-order chi connectivity index (χ0) is 18.6. The van der Waals surface area contributed by atoms with Gasteiger partial charge in [-0.1, -0.05) is 11.2 Å². The van der Waals surface area contributed by atoms with E-state index in [0.29, 0.717) is 28.5 Å². The zero-order valence-electron chi connectivity index (χ0n) is 14.1. The van der Waals surface area contributed by atoms with E-state index in [2.05, 4.69) is 5.16 Å². The first-order valence-electron chi connectivity index (χ1n) is 8.13. The van der Waals surface area contributed by atoms with Crippen LogP contribution in [0.3, 0.4) is 0 Å². The number of carbonyl (C=O) groups is 1. The fourth-order valence-electron chi connectivity index (χ4n) is 2.50. The minimum Gasteiger partial charge on any atom is -0.456 e. The summed E-state index contributed by atoms with van der Waals surface area (Å²) in [6.45, 7) is 0.164. The molecular weight excluding hydrogens is 353 g/mol. The summed E-state index contributed by atoms with van der Waals surface area (Å²) in [5.41, 5.74) is 1.93. The maximum atomic E-state index is 13.0. The first-order chi connectivity index (χ1) is 13.2. The Bertz CT molecular complexity index is 994. The summed E-state index contributed by atoms with van der Waals surface area (Å²) in [5.74, 6) is 0.941. The maximum Gasteiger partial charge on any atom is 0.331 e. The fraction of sp³-hybridized carbons (Fsp3) is 0.100. The highest BCUT2D eigenvalue weighted by molar-refractivity contribution is 5.87. The van der Waals surface area contributed by atoms with Crippen LogP contribution in [0.5, 0.6) is 11.5 Å². The summed E-state index contributed by atoms with van der Waals surface area (Å²) in [5, 5.41) is 3.84. The van der Waals surface area contributed by atoms with Gasteiger partial charge in [-0.15, -0.1) is 0 Å². The van der Waals surface area contributed by atoms with Crippen LogP contribution in [-0.4, -0.2) is 17.9 Å². The van der Waals surface area contributed by atoms with Crippen LogP contribution in [0.2, 0.25) is 0 Å². The Labute approximate surface area is 153 Å². The Morgan fingerprint density at radius 3 is 2.78 bits per heavy atom. The molecule has 0 radical (unpaired) electrons. The van der Waals surface area contributed by atoms with Crippen LogP contribution < -0.4 is 9.47 Å². The third-order valence-corrected chi connectivity index (χ3v) is 3.86. The van der Waals surface area contributed by atoms with Crippen LogP contribution in [0.4, 0.5) is 4.39 Å². The van der Waals surface area contributed by atoms with Crippen molar-refractivity contribution in [3.63, 3.8) is 0 Å². The standard InChI is InChI=1S/C20H14FNO5/c21-15-5-3-14(4-6-15)18-10-16(22-27-18)11-24-20(23)8-2-13-1-7-17-19(9-13)26-12-25-17/h1-10H,11-12H2/b8-2-. The van der Waals surface area contributed by atoms with Crippen LogP contribution >= 0.6 is 0 Å². The van der Waals surface area contributed by atoms with Gasteiger partial charge in [-0.3, -0.25) is 0 Å². The van der Waals surface area contributed by atoms with Gasteiger partial charge in [-0.05, 0) is 48.0 Å². The third kappa shape index (κ3) is 3.98. The molecule has 4 rings (SSSR count). The Morgan fingerprint density at radius 1 is 1.11 bits per heavy atom. The average Bonchev–Trinajstić information content (AvgIpc) is 3.34. The number of aromatic nitrogens is 1. The molecule has 27 heavy (non-hydrogen) atoms. The number of ether oxygens (including phenoxy) is 3. The third-order valence-electron chi connectivity index (χ3n) is 3.86. The average molecular weight is 367 g/mol. The van der Waals surface area contributed by atoms with Gasteiger partial charge in [0.2, 0.25) is 6.79 Å². The SMILES string of the molecule is O=C(/C=C\c1ccc2c(c1)OCO2)OCc1cc(-c2ccc(F)cc2)on1. The summed E-state index contributed by atoms with van der Waals surface area (Å²) in [6, 6.07) is 12.8. The molecular formula is C20H14FNO5. The first-order valence-corrected chi connectivity index (χ1v) is 8.13. The molecule has 1 aromatic heterocycles. The quantitative estimate of drug-likeness (QED) is 0.502. The van der Waals surface area contributed by atoms with E-state index < -0.39 is 5.97 Å². The Hall–Kier alpha value is -3.61. The summed E-state index contributed by atoms with van der Waals surface area (Å²) in [6.07, 6.45) is 2.94. The molecule has 1 aliphatic rings. The number of hydrogen-bond acceptors (Lipinski definition) is 6. The predicted octanol–water partition coefficient (Wildman–Crippen LogP) is 3.97. The summed E-state index contributed by atoms with van der Waals surface area (Å²) >= 11 is 0. The lowest BCUT2D eigenvalue weighted by atomic mass is 10.1. The molecule has 0 atom stereocenters. The lowest BCUT2D eigenvalue weighted by molar-refractivity contribution is -0.139. The largest absolute Gasteiger partial charge is 0.456 e. The number of carbonyl (C=O) groups excluding carboxylic acids is 1. The highest BCUT2D eigenvalue weighted by atomic mass is 19.1. The fourth-order valence-corrected chi connectivity index (χ4v) is 2.50. The molecule has 2 aromatic carbocycles. The van der Waals surface area contributed by atoms with Gasteiger partial charge in [0.25, 0.3) is 0 Å². The highest BCUT2D eigenvalue weighted by Crippen LogP contribution is 2.32. The molecule has 0 aliphatic carbocycles. The van der Waals surface area contributed by atoms with Crippen LogP contribution in [0.15, 0.2) is 59.1 Å². The second-order valence-corrected chi connectivity index (χ2v) is 5.74. The van der Waals surface area contributed by atoms with E-state index in [0.717, 1.165) is 5.56 Å². The van der Waals surface area contributed by atoms with Crippen molar-refractivity contribution in [3.05, 3.63) is 71.7 Å². The van der Waals surface area contributed by atoms with Gasteiger partial charge in [0, 0.05) is 17.7 Å². The molecule has 1 aliphatic heterocycles. The van der Waals surface area contributed by atoms with Gasteiger partial charge in [0.15, 0.2) is 17.3 Å². The van der Waals surface area contributed by atoms with Crippen LogP contribution in [-0.2, 0) is 16.1 Å². The van der Waals surface area contributed by atoms with Crippen molar-refractivity contribution in [1.29, 1.82) is 0 Å². The Balaban J connectivity index is 1.33. The number of hydrogen-bond donors (Lipinski definition) is 0. The molecule has 0 bridgehead atoms. The van der Waals surface area contributed by atoms with Crippen LogP contribution in [0, 0.1) is 5.82 Å². The van der Waals surface area contributed by atoms with E-state index in [1.54, 1.807) is 36.4 Å². The second-order valence-electron chi connectivity index (χ2n) is 5.74. The number of halogens is 1. The molecule has 0 unspecified atom stereocenters.